The largest absolute Gasteiger partial charge is 0.368 e. The molecule has 2 rings (SSSR count). The molecule has 5 nitrogen and oxygen atoms in total. The fourth-order valence-corrected chi connectivity index (χ4v) is 2.59. The predicted octanol–water partition coefficient (Wildman–Crippen LogP) is 3.64. The molecular formula is C12H16ClN3O2. The smallest absolute Gasteiger partial charge is 0.289 e. The highest BCUT2D eigenvalue weighted by atomic mass is 35.5. The molecule has 6 heteroatoms. The van der Waals surface area contributed by atoms with Gasteiger partial charge in [-0.2, -0.15) is 0 Å². The van der Waals surface area contributed by atoms with E-state index in [0.717, 1.165) is 6.54 Å². The Hall–Kier alpha value is -1.36. The summed E-state index contributed by atoms with van der Waals surface area (Å²) in [5.74, 6) is 0.524. The molecule has 1 aromatic heterocycles. The number of pyridine rings is 1. The first kappa shape index (κ1) is 13.1. The van der Waals surface area contributed by atoms with Crippen LogP contribution in [0.2, 0.25) is 5.02 Å². The van der Waals surface area contributed by atoms with Crippen LogP contribution in [0.25, 0.3) is 0 Å². The topological polar surface area (TPSA) is 68.1 Å². The molecule has 1 aliphatic carbocycles. The second kappa shape index (κ2) is 5.10. The summed E-state index contributed by atoms with van der Waals surface area (Å²) in [5.41, 5.74) is 0.199. The SMILES string of the molecule is CC1(CNc2ncc([N+](=O)[O-])cc2Cl)CCCC1. The number of aromatic nitrogens is 1. The van der Waals surface area contributed by atoms with Gasteiger partial charge < -0.3 is 5.32 Å². The summed E-state index contributed by atoms with van der Waals surface area (Å²) < 4.78 is 0. The van der Waals surface area contributed by atoms with Crippen LogP contribution in [-0.2, 0) is 0 Å². The highest BCUT2D eigenvalue weighted by Gasteiger charge is 2.28. The second-order valence-electron chi connectivity index (χ2n) is 5.15. The maximum absolute atomic E-state index is 10.6. The quantitative estimate of drug-likeness (QED) is 0.669. The third-order valence-electron chi connectivity index (χ3n) is 3.53. The van der Waals surface area contributed by atoms with E-state index in [1.54, 1.807) is 0 Å². The molecule has 0 atom stereocenters. The summed E-state index contributed by atoms with van der Waals surface area (Å²) >= 11 is 5.97. The van der Waals surface area contributed by atoms with Crippen LogP contribution in [0.1, 0.15) is 32.6 Å². The van der Waals surface area contributed by atoms with Gasteiger partial charge in [0.15, 0.2) is 0 Å². The van der Waals surface area contributed by atoms with E-state index in [-0.39, 0.29) is 11.1 Å². The Labute approximate surface area is 111 Å². The lowest BCUT2D eigenvalue weighted by Crippen LogP contribution is -2.23. The molecule has 0 spiro atoms. The van der Waals surface area contributed by atoms with Crippen LogP contribution in [0.5, 0.6) is 0 Å². The summed E-state index contributed by atoms with van der Waals surface area (Å²) in [7, 11) is 0. The van der Waals surface area contributed by atoms with Crippen molar-refractivity contribution in [1.82, 2.24) is 4.98 Å². The van der Waals surface area contributed by atoms with Gasteiger partial charge in [-0.25, -0.2) is 4.98 Å². The predicted molar refractivity (Wildman–Crippen MR) is 71.0 cm³/mol. The molecule has 1 N–H and O–H groups in total. The number of anilines is 1. The van der Waals surface area contributed by atoms with E-state index in [9.17, 15) is 10.1 Å². The Morgan fingerprint density at radius 2 is 2.22 bits per heavy atom. The van der Waals surface area contributed by atoms with Crippen molar-refractivity contribution < 1.29 is 4.92 Å². The molecule has 0 radical (unpaired) electrons. The molecule has 1 aliphatic rings. The van der Waals surface area contributed by atoms with Gasteiger partial charge in [0.1, 0.15) is 12.0 Å². The normalized spacial score (nSPS) is 17.7. The molecule has 18 heavy (non-hydrogen) atoms. The van der Waals surface area contributed by atoms with E-state index in [1.807, 2.05) is 0 Å². The Morgan fingerprint density at radius 1 is 1.56 bits per heavy atom. The van der Waals surface area contributed by atoms with Crippen LogP contribution in [0.4, 0.5) is 11.5 Å². The van der Waals surface area contributed by atoms with E-state index < -0.39 is 4.92 Å². The van der Waals surface area contributed by atoms with Crippen molar-refractivity contribution in [2.75, 3.05) is 11.9 Å². The number of nitrogens with one attached hydrogen (secondary N) is 1. The van der Waals surface area contributed by atoms with E-state index in [4.69, 9.17) is 11.6 Å². The molecular weight excluding hydrogens is 254 g/mol. The maximum Gasteiger partial charge on any atom is 0.289 e. The lowest BCUT2D eigenvalue weighted by atomic mass is 9.89. The Morgan fingerprint density at radius 3 is 2.78 bits per heavy atom. The van der Waals surface area contributed by atoms with Gasteiger partial charge in [0, 0.05) is 12.6 Å². The van der Waals surface area contributed by atoms with Gasteiger partial charge in [-0.05, 0) is 18.3 Å². The van der Waals surface area contributed by atoms with E-state index in [0.29, 0.717) is 10.8 Å². The zero-order valence-electron chi connectivity index (χ0n) is 10.3. The zero-order valence-corrected chi connectivity index (χ0v) is 11.0. The molecule has 0 amide bonds. The minimum atomic E-state index is -0.499. The molecule has 0 aliphatic heterocycles. The van der Waals surface area contributed by atoms with E-state index in [1.165, 1.54) is 37.9 Å². The van der Waals surface area contributed by atoms with Crippen LogP contribution in [0, 0.1) is 15.5 Å². The minimum Gasteiger partial charge on any atom is -0.368 e. The van der Waals surface area contributed by atoms with Crippen molar-refractivity contribution in [3.8, 4) is 0 Å². The number of rotatable bonds is 4. The monoisotopic (exact) mass is 269 g/mol. The molecule has 0 bridgehead atoms. The molecule has 1 fully saturated rings. The van der Waals surface area contributed by atoms with Crippen molar-refractivity contribution in [2.24, 2.45) is 5.41 Å². The average Bonchev–Trinajstić information content (AvgIpc) is 2.75. The Balaban J connectivity index is 2.03. The van der Waals surface area contributed by atoms with Gasteiger partial charge in [-0.1, -0.05) is 31.4 Å². The molecule has 0 saturated heterocycles. The number of hydrogen-bond acceptors (Lipinski definition) is 4. The molecule has 0 aromatic carbocycles. The van der Waals surface area contributed by atoms with Crippen molar-refractivity contribution in [3.63, 3.8) is 0 Å². The highest BCUT2D eigenvalue weighted by Crippen LogP contribution is 2.37. The van der Waals surface area contributed by atoms with Crippen LogP contribution < -0.4 is 5.32 Å². The molecule has 0 unspecified atom stereocenters. The second-order valence-corrected chi connectivity index (χ2v) is 5.56. The number of nitro groups is 1. The lowest BCUT2D eigenvalue weighted by Gasteiger charge is -2.24. The van der Waals surface area contributed by atoms with Gasteiger partial charge in [0.25, 0.3) is 5.69 Å². The first-order chi connectivity index (χ1) is 8.50. The third kappa shape index (κ3) is 2.90. The number of nitrogens with zero attached hydrogens (tertiary/aromatic N) is 2. The first-order valence-corrected chi connectivity index (χ1v) is 6.42. The van der Waals surface area contributed by atoms with Gasteiger partial charge in [-0.3, -0.25) is 10.1 Å². The highest BCUT2D eigenvalue weighted by molar-refractivity contribution is 6.33. The average molecular weight is 270 g/mol. The van der Waals surface area contributed by atoms with Crippen molar-refractivity contribution in [1.29, 1.82) is 0 Å². The van der Waals surface area contributed by atoms with Gasteiger partial charge in [-0.15, -0.1) is 0 Å². The number of hydrogen-bond donors (Lipinski definition) is 1. The first-order valence-electron chi connectivity index (χ1n) is 6.04. The van der Waals surface area contributed by atoms with Crippen LogP contribution in [0.15, 0.2) is 12.3 Å². The molecule has 1 saturated carbocycles. The molecule has 1 aromatic rings. The Bertz CT molecular complexity index is 459. The standard InChI is InChI=1S/C12H16ClN3O2/c1-12(4-2-3-5-12)8-15-11-10(13)6-9(7-14-11)16(17)18/h6-7H,2-5,8H2,1H3,(H,14,15). The van der Waals surface area contributed by atoms with Crippen molar-refractivity contribution >= 4 is 23.1 Å². The van der Waals surface area contributed by atoms with Crippen molar-refractivity contribution in [3.05, 3.63) is 27.4 Å². The molecule has 98 valence electrons. The van der Waals surface area contributed by atoms with Gasteiger partial charge in [0.05, 0.1) is 9.95 Å². The fraction of sp³-hybridized carbons (Fsp3) is 0.583. The fourth-order valence-electron chi connectivity index (χ4n) is 2.36. The van der Waals surface area contributed by atoms with Crippen LogP contribution >= 0.6 is 11.6 Å². The summed E-state index contributed by atoms with van der Waals surface area (Å²) in [6.45, 7) is 3.05. The van der Waals surface area contributed by atoms with Crippen LogP contribution in [-0.4, -0.2) is 16.5 Å². The van der Waals surface area contributed by atoms with Gasteiger partial charge >= 0.3 is 0 Å². The van der Waals surface area contributed by atoms with Crippen LogP contribution in [0.3, 0.4) is 0 Å². The number of halogens is 1. The van der Waals surface area contributed by atoms with Crippen molar-refractivity contribution in [2.45, 2.75) is 32.6 Å². The van der Waals surface area contributed by atoms with E-state index in [2.05, 4.69) is 17.2 Å². The zero-order chi connectivity index (χ0) is 13.2. The summed E-state index contributed by atoms with van der Waals surface area (Å²) in [5, 5.41) is 14.1. The Kier molecular flexibility index (Phi) is 3.71. The van der Waals surface area contributed by atoms with E-state index >= 15 is 0 Å². The molecule has 1 heterocycles. The summed E-state index contributed by atoms with van der Waals surface area (Å²) in [4.78, 5) is 14.1. The van der Waals surface area contributed by atoms with Gasteiger partial charge in [0.2, 0.25) is 0 Å². The maximum atomic E-state index is 10.6. The third-order valence-corrected chi connectivity index (χ3v) is 3.82. The summed E-state index contributed by atoms with van der Waals surface area (Å²) in [6.07, 6.45) is 6.15. The minimum absolute atomic E-state index is 0.0855. The summed E-state index contributed by atoms with van der Waals surface area (Å²) in [6, 6.07) is 1.33. The lowest BCUT2D eigenvalue weighted by molar-refractivity contribution is -0.385.